The van der Waals surface area contributed by atoms with Gasteiger partial charge >= 0.3 is 0 Å². The van der Waals surface area contributed by atoms with E-state index in [-0.39, 0.29) is 0 Å². The Hall–Kier alpha value is -0.920. The van der Waals surface area contributed by atoms with Gasteiger partial charge in [-0.1, -0.05) is 46.1 Å². The minimum absolute atomic E-state index is 0.321. The van der Waals surface area contributed by atoms with E-state index in [2.05, 4.69) is 20.8 Å². The first-order chi connectivity index (χ1) is 12.5. The molecule has 0 N–H and O–H groups in total. The second-order valence-electron chi connectivity index (χ2n) is 9.19. The number of rotatable bonds is 5. The zero-order chi connectivity index (χ0) is 18.7. The molecule has 0 saturated heterocycles. The number of benzene rings is 1. The highest BCUT2D eigenvalue weighted by molar-refractivity contribution is 5.22. The van der Waals surface area contributed by atoms with Crippen molar-refractivity contribution >= 4 is 0 Å². The van der Waals surface area contributed by atoms with Crippen LogP contribution in [0.25, 0.3) is 0 Å². The van der Waals surface area contributed by atoms with Gasteiger partial charge in [0.25, 0.3) is 0 Å². The molecule has 2 atom stereocenters. The predicted molar refractivity (Wildman–Crippen MR) is 105 cm³/mol. The lowest BCUT2D eigenvalue weighted by molar-refractivity contribution is 0.119. The van der Waals surface area contributed by atoms with Gasteiger partial charge in [-0.05, 0) is 91.7 Å². The van der Waals surface area contributed by atoms with E-state index in [4.69, 9.17) is 0 Å². The first-order valence-corrected chi connectivity index (χ1v) is 10.9. The van der Waals surface area contributed by atoms with E-state index < -0.39 is 11.6 Å². The molecule has 2 fully saturated rings. The molecule has 0 aromatic heterocycles. The van der Waals surface area contributed by atoms with E-state index in [0.29, 0.717) is 11.8 Å². The SMILES string of the molecule is CCC1CCC(C(C)C2CCC(C(C)c3ccc(F)c(F)c3)CC2)CC1. The first kappa shape index (κ1) is 19.8. The van der Waals surface area contributed by atoms with Crippen LogP contribution < -0.4 is 0 Å². The smallest absolute Gasteiger partial charge is 0.159 e. The van der Waals surface area contributed by atoms with E-state index in [1.165, 1.54) is 69.9 Å². The summed E-state index contributed by atoms with van der Waals surface area (Å²) in [6.45, 7) is 7.03. The van der Waals surface area contributed by atoms with Crippen molar-refractivity contribution in [1.29, 1.82) is 0 Å². The highest BCUT2D eigenvalue weighted by Crippen LogP contribution is 2.45. The molecule has 3 rings (SSSR count). The Morgan fingerprint density at radius 3 is 1.88 bits per heavy atom. The zero-order valence-electron chi connectivity index (χ0n) is 16.8. The monoisotopic (exact) mass is 362 g/mol. The molecule has 0 bridgehead atoms. The van der Waals surface area contributed by atoms with Crippen molar-refractivity contribution in [3.8, 4) is 0 Å². The maximum Gasteiger partial charge on any atom is 0.159 e. The quantitative estimate of drug-likeness (QED) is 0.503. The Morgan fingerprint density at radius 2 is 1.35 bits per heavy atom. The van der Waals surface area contributed by atoms with Crippen LogP contribution >= 0.6 is 0 Å². The van der Waals surface area contributed by atoms with Gasteiger partial charge in [0, 0.05) is 0 Å². The van der Waals surface area contributed by atoms with Gasteiger partial charge in [0.15, 0.2) is 11.6 Å². The Labute approximate surface area is 158 Å². The van der Waals surface area contributed by atoms with Crippen molar-refractivity contribution < 1.29 is 8.78 Å². The van der Waals surface area contributed by atoms with Gasteiger partial charge in [0.2, 0.25) is 0 Å². The molecule has 0 heterocycles. The number of halogens is 2. The van der Waals surface area contributed by atoms with Crippen molar-refractivity contribution in [1.82, 2.24) is 0 Å². The van der Waals surface area contributed by atoms with Crippen LogP contribution in [0.4, 0.5) is 8.78 Å². The molecule has 26 heavy (non-hydrogen) atoms. The highest BCUT2D eigenvalue weighted by atomic mass is 19.2. The fourth-order valence-electron chi connectivity index (χ4n) is 5.75. The third-order valence-corrected chi connectivity index (χ3v) is 7.95. The molecule has 0 amide bonds. The second-order valence-corrected chi connectivity index (χ2v) is 9.19. The molecule has 2 heteroatoms. The summed E-state index contributed by atoms with van der Waals surface area (Å²) >= 11 is 0. The summed E-state index contributed by atoms with van der Waals surface area (Å²) in [5, 5.41) is 0. The predicted octanol–water partition coefficient (Wildman–Crippen LogP) is 7.73. The van der Waals surface area contributed by atoms with Crippen LogP contribution in [0.3, 0.4) is 0 Å². The lowest BCUT2D eigenvalue weighted by atomic mass is 9.65. The maximum atomic E-state index is 13.6. The topological polar surface area (TPSA) is 0 Å². The summed E-state index contributed by atoms with van der Waals surface area (Å²) in [5.74, 6) is 3.11. The Morgan fingerprint density at radius 1 is 0.808 bits per heavy atom. The fourth-order valence-corrected chi connectivity index (χ4v) is 5.75. The largest absolute Gasteiger partial charge is 0.204 e. The van der Waals surface area contributed by atoms with E-state index in [9.17, 15) is 8.78 Å². The molecule has 0 radical (unpaired) electrons. The van der Waals surface area contributed by atoms with Gasteiger partial charge in [0.1, 0.15) is 0 Å². The van der Waals surface area contributed by atoms with E-state index in [1.807, 2.05) is 0 Å². The number of hydrogen-bond donors (Lipinski definition) is 0. The van der Waals surface area contributed by atoms with Crippen molar-refractivity contribution in [3.63, 3.8) is 0 Å². The summed E-state index contributed by atoms with van der Waals surface area (Å²) in [7, 11) is 0. The van der Waals surface area contributed by atoms with Crippen molar-refractivity contribution in [2.45, 2.75) is 84.5 Å². The van der Waals surface area contributed by atoms with E-state index in [1.54, 1.807) is 6.07 Å². The lowest BCUT2D eigenvalue weighted by Gasteiger charge is -2.40. The standard InChI is InChI=1S/C24H36F2/c1-4-18-5-7-19(8-6-18)16(2)20-9-11-21(12-10-20)17(3)22-13-14-23(25)24(26)15-22/h13-21H,4-12H2,1-3H3. The molecule has 2 aliphatic carbocycles. The minimum Gasteiger partial charge on any atom is -0.204 e. The van der Waals surface area contributed by atoms with Gasteiger partial charge in [-0.25, -0.2) is 8.78 Å². The van der Waals surface area contributed by atoms with E-state index >= 15 is 0 Å². The van der Waals surface area contributed by atoms with Gasteiger partial charge in [-0.2, -0.15) is 0 Å². The van der Waals surface area contributed by atoms with Crippen molar-refractivity contribution in [2.24, 2.45) is 29.6 Å². The van der Waals surface area contributed by atoms with Crippen LogP contribution in [0, 0.1) is 41.2 Å². The Balaban J connectivity index is 1.51. The summed E-state index contributed by atoms with van der Waals surface area (Å²) < 4.78 is 26.8. The normalized spacial score (nSPS) is 32.2. The number of hydrogen-bond acceptors (Lipinski definition) is 0. The minimum atomic E-state index is -0.740. The molecule has 2 aliphatic rings. The average Bonchev–Trinajstić information content (AvgIpc) is 2.69. The molecule has 0 nitrogen and oxygen atoms in total. The summed E-state index contributed by atoms with van der Waals surface area (Å²) in [6, 6.07) is 4.45. The third-order valence-electron chi connectivity index (χ3n) is 7.95. The fraction of sp³-hybridized carbons (Fsp3) is 0.750. The Kier molecular flexibility index (Phi) is 6.75. The Bertz CT molecular complexity index is 566. The van der Waals surface area contributed by atoms with Crippen LogP contribution in [0.15, 0.2) is 18.2 Å². The van der Waals surface area contributed by atoms with Gasteiger partial charge < -0.3 is 0 Å². The van der Waals surface area contributed by atoms with Crippen molar-refractivity contribution in [3.05, 3.63) is 35.4 Å². The van der Waals surface area contributed by atoms with Crippen LogP contribution in [-0.2, 0) is 0 Å². The second kappa shape index (κ2) is 8.85. The molecule has 1 aromatic carbocycles. The van der Waals surface area contributed by atoms with Crippen molar-refractivity contribution in [2.75, 3.05) is 0 Å². The molecular weight excluding hydrogens is 326 g/mol. The average molecular weight is 363 g/mol. The summed E-state index contributed by atoms with van der Waals surface area (Å²) in [4.78, 5) is 0. The highest BCUT2D eigenvalue weighted by Gasteiger charge is 2.33. The van der Waals surface area contributed by atoms with Gasteiger partial charge in [-0.3, -0.25) is 0 Å². The molecule has 0 spiro atoms. The molecule has 1 aromatic rings. The third kappa shape index (κ3) is 4.49. The first-order valence-electron chi connectivity index (χ1n) is 10.9. The molecular formula is C24H36F2. The van der Waals surface area contributed by atoms with Crippen LogP contribution in [0.2, 0.25) is 0 Å². The summed E-state index contributed by atoms with van der Waals surface area (Å²) in [6.07, 6.45) is 12.2. The van der Waals surface area contributed by atoms with Crippen LogP contribution in [-0.4, -0.2) is 0 Å². The lowest BCUT2D eigenvalue weighted by Crippen LogP contribution is -2.29. The molecule has 146 valence electrons. The van der Waals surface area contributed by atoms with Gasteiger partial charge in [-0.15, -0.1) is 0 Å². The molecule has 0 aliphatic heterocycles. The molecule has 2 unspecified atom stereocenters. The summed E-state index contributed by atoms with van der Waals surface area (Å²) in [5.41, 5.74) is 0.957. The van der Waals surface area contributed by atoms with Crippen LogP contribution in [0.1, 0.15) is 90.0 Å². The van der Waals surface area contributed by atoms with Crippen LogP contribution in [0.5, 0.6) is 0 Å². The maximum absolute atomic E-state index is 13.6. The zero-order valence-corrected chi connectivity index (χ0v) is 16.8. The van der Waals surface area contributed by atoms with Gasteiger partial charge in [0.05, 0.1) is 0 Å². The van der Waals surface area contributed by atoms with E-state index in [0.717, 1.165) is 29.2 Å². The molecule has 2 saturated carbocycles.